The number of nitrogens with zero attached hydrogens (tertiary/aromatic N) is 4. The number of nitrogens with one attached hydrogen (secondary N) is 1. The van der Waals surface area contributed by atoms with Crippen LogP contribution in [0.15, 0.2) is 41.0 Å². The molecule has 0 bridgehead atoms. The molecule has 1 saturated heterocycles. The summed E-state index contributed by atoms with van der Waals surface area (Å²) in [6, 6.07) is 9.94. The summed E-state index contributed by atoms with van der Waals surface area (Å²) in [5.74, 6) is 0.490. The fourth-order valence-corrected chi connectivity index (χ4v) is 4.12. The van der Waals surface area contributed by atoms with Crippen molar-refractivity contribution >= 4 is 50.3 Å². The maximum absolute atomic E-state index is 12.4. The molecule has 0 saturated carbocycles. The van der Waals surface area contributed by atoms with Crippen LogP contribution >= 0.6 is 15.9 Å². The van der Waals surface area contributed by atoms with E-state index in [-0.39, 0.29) is 12.6 Å². The number of hydrogen-bond acceptors (Lipinski definition) is 5. The molecule has 1 aliphatic rings. The molecular formula is C21H24BrN5O3. The summed E-state index contributed by atoms with van der Waals surface area (Å²) < 4.78 is 8.00. The molecule has 0 radical (unpaired) electrons. The Hall–Kier alpha value is -2.81. The van der Waals surface area contributed by atoms with Crippen molar-refractivity contribution in [2.24, 2.45) is 0 Å². The molecule has 1 aliphatic heterocycles. The predicted molar refractivity (Wildman–Crippen MR) is 119 cm³/mol. The Bertz CT molecular complexity index is 1080. The largest absolute Gasteiger partial charge is 0.465 e. The number of carbonyl (C=O) groups excluding carboxylic acids is 2. The number of aromatic nitrogens is 2. The van der Waals surface area contributed by atoms with Crippen molar-refractivity contribution in [2.45, 2.75) is 13.3 Å². The molecule has 8 nitrogen and oxygen atoms in total. The van der Waals surface area contributed by atoms with Crippen LogP contribution in [0.1, 0.15) is 13.3 Å². The van der Waals surface area contributed by atoms with E-state index in [1.807, 2.05) is 24.4 Å². The topological polar surface area (TPSA) is 79.2 Å². The Labute approximate surface area is 182 Å². The number of anilines is 1. The minimum Gasteiger partial charge on any atom is -0.465 e. The van der Waals surface area contributed by atoms with Crippen LogP contribution in [-0.4, -0.2) is 65.6 Å². The molecule has 4 rings (SSSR count). The number of ether oxygens (including phenoxy) is 1. The summed E-state index contributed by atoms with van der Waals surface area (Å²) in [7, 11) is 0. The summed E-state index contributed by atoms with van der Waals surface area (Å²) in [6.45, 7) is 4.58. The normalized spacial score (nSPS) is 14.7. The van der Waals surface area contributed by atoms with Gasteiger partial charge in [-0.3, -0.25) is 4.79 Å². The van der Waals surface area contributed by atoms with Crippen LogP contribution in [0.5, 0.6) is 0 Å². The van der Waals surface area contributed by atoms with E-state index in [9.17, 15) is 9.59 Å². The molecular weight excluding hydrogens is 450 g/mol. The van der Waals surface area contributed by atoms with Crippen LogP contribution in [0.3, 0.4) is 0 Å². The third-order valence-electron chi connectivity index (χ3n) is 5.17. The number of hydrogen-bond donors (Lipinski definition) is 1. The summed E-state index contributed by atoms with van der Waals surface area (Å²) in [6.07, 6.45) is 2.86. The third kappa shape index (κ3) is 4.21. The van der Waals surface area contributed by atoms with Crippen molar-refractivity contribution in [3.8, 4) is 0 Å². The number of urea groups is 1. The van der Waals surface area contributed by atoms with E-state index in [4.69, 9.17) is 9.72 Å². The average Bonchev–Trinajstić information content (AvgIpc) is 3.09. The van der Waals surface area contributed by atoms with E-state index in [2.05, 4.69) is 42.7 Å². The molecule has 2 aromatic heterocycles. The van der Waals surface area contributed by atoms with E-state index in [1.165, 1.54) is 0 Å². The minimum atomic E-state index is -0.426. The highest BCUT2D eigenvalue weighted by Crippen LogP contribution is 2.27. The van der Waals surface area contributed by atoms with E-state index in [0.717, 1.165) is 39.8 Å². The number of benzene rings is 1. The summed E-state index contributed by atoms with van der Waals surface area (Å²) in [5.41, 5.74) is 3.01. The lowest BCUT2D eigenvalue weighted by Gasteiger charge is -2.24. The third-order valence-corrected chi connectivity index (χ3v) is 5.67. The Morgan fingerprint density at radius 1 is 1.17 bits per heavy atom. The number of rotatable bonds is 4. The van der Waals surface area contributed by atoms with Gasteiger partial charge in [0.1, 0.15) is 6.54 Å². The van der Waals surface area contributed by atoms with E-state index in [0.29, 0.717) is 26.2 Å². The summed E-state index contributed by atoms with van der Waals surface area (Å²) in [4.78, 5) is 32.9. The van der Waals surface area contributed by atoms with Gasteiger partial charge < -0.3 is 24.3 Å². The van der Waals surface area contributed by atoms with Gasteiger partial charge in [0.25, 0.3) is 0 Å². The number of amides is 2. The maximum atomic E-state index is 12.4. The SMILES string of the molecule is CCOC(=O)CNC(=O)N1CCCN(c2nc3cc(Br)ccc3n3cccc23)CC1. The number of esters is 1. The molecule has 1 fully saturated rings. The minimum absolute atomic E-state index is 0.112. The molecule has 3 heterocycles. The molecule has 158 valence electrons. The fraction of sp³-hybridized carbons (Fsp3) is 0.381. The van der Waals surface area contributed by atoms with Gasteiger partial charge >= 0.3 is 12.0 Å². The van der Waals surface area contributed by atoms with Crippen LogP contribution < -0.4 is 10.2 Å². The zero-order valence-corrected chi connectivity index (χ0v) is 18.4. The molecule has 30 heavy (non-hydrogen) atoms. The number of halogens is 1. The summed E-state index contributed by atoms with van der Waals surface area (Å²) in [5, 5.41) is 2.64. The average molecular weight is 474 g/mol. The van der Waals surface area contributed by atoms with Crippen LogP contribution in [0, 0.1) is 0 Å². The first-order valence-electron chi connectivity index (χ1n) is 10.1. The van der Waals surface area contributed by atoms with Gasteiger partial charge in [0.2, 0.25) is 0 Å². The van der Waals surface area contributed by atoms with Crippen molar-refractivity contribution in [1.82, 2.24) is 19.6 Å². The summed E-state index contributed by atoms with van der Waals surface area (Å²) >= 11 is 3.53. The smallest absolute Gasteiger partial charge is 0.325 e. The molecule has 0 spiro atoms. The number of carbonyl (C=O) groups is 2. The van der Waals surface area contributed by atoms with Gasteiger partial charge in [-0.25, -0.2) is 9.78 Å². The van der Waals surface area contributed by atoms with Gasteiger partial charge in [-0.1, -0.05) is 15.9 Å². The lowest BCUT2D eigenvalue weighted by Crippen LogP contribution is -2.44. The molecule has 1 N–H and O–H groups in total. The zero-order valence-electron chi connectivity index (χ0n) is 16.8. The van der Waals surface area contributed by atoms with E-state index in [1.54, 1.807) is 11.8 Å². The quantitative estimate of drug-likeness (QED) is 0.589. The Morgan fingerprint density at radius 3 is 2.87 bits per heavy atom. The highest BCUT2D eigenvalue weighted by molar-refractivity contribution is 9.10. The Kier molecular flexibility index (Phi) is 6.08. The molecule has 0 aliphatic carbocycles. The standard InChI is InChI=1S/C21H24BrN5O3/c1-2-30-19(28)14-23-21(29)26-9-4-8-25(11-12-26)20-18-5-3-10-27(18)17-7-6-15(22)13-16(17)24-20/h3,5-7,10,13H,2,4,8-9,11-12,14H2,1H3,(H,23,29). The van der Waals surface area contributed by atoms with Gasteiger partial charge in [-0.15, -0.1) is 0 Å². The van der Waals surface area contributed by atoms with Crippen molar-refractivity contribution in [3.63, 3.8) is 0 Å². The van der Waals surface area contributed by atoms with E-state index < -0.39 is 5.97 Å². The zero-order chi connectivity index (χ0) is 21.1. The van der Waals surface area contributed by atoms with Gasteiger partial charge in [0.05, 0.1) is 23.2 Å². The van der Waals surface area contributed by atoms with Crippen LogP contribution in [-0.2, 0) is 9.53 Å². The second-order valence-corrected chi connectivity index (χ2v) is 8.04. The molecule has 3 aromatic rings. The number of fused-ring (bicyclic) bond motifs is 3. The second-order valence-electron chi connectivity index (χ2n) is 7.12. The van der Waals surface area contributed by atoms with Gasteiger partial charge in [-0.05, 0) is 43.7 Å². The molecule has 2 amide bonds. The molecule has 1 aromatic carbocycles. The van der Waals surface area contributed by atoms with Crippen LogP contribution in [0.4, 0.5) is 10.6 Å². The van der Waals surface area contributed by atoms with Crippen molar-refractivity contribution in [2.75, 3.05) is 44.2 Å². The first-order valence-corrected chi connectivity index (χ1v) is 10.9. The molecule has 9 heteroatoms. The maximum Gasteiger partial charge on any atom is 0.325 e. The first-order chi connectivity index (χ1) is 14.6. The van der Waals surface area contributed by atoms with Gasteiger partial charge in [0.15, 0.2) is 5.82 Å². The monoisotopic (exact) mass is 473 g/mol. The fourth-order valence-electron chi connectivity index (χ4n) is 3.77. The van der Waals surface area contributed by atoms with E-state index >= 15 is 0 Å². The second kappa shape index (κ2) is 8.91. The van der Waals surface area contributed by atoms with Crippen LogP contribution in [0.2, 0.25) is 0 Å². The highest BCUT2D eigenvalue weighted by Gasteiger charge is 2.22. The Morgan fingerprint density at radius 2 is 2.03 bits per heavy atom. The van der Waals surface area contributed by atoms with Crippen molar-refractivity contribution in [1.29, 1.82) is 0 Å². The lowest BCUT2D eigenvalue weighted by molar-refractivity contribution is -0.141. The highest BCUT2D eigenvalue weighted by atomic mass is 79.9. The van der Waals surface area contributed by atoms with Crippen molar-refractivity contribution in [3.05, 3.63) is 41.0 Å². The van der Waals surface area contributed by atoms with Crippen molar-refractivity contribution < 1.29 is 14.3 Å². The lowest BCUT2D eigenvalue weighted by atomic mass is 10.3. The first kappa shape index (κ1) is 20.5. The van der Waals surface area contributed by atoms with Gasteiger partial charge in [0, 0.05) is 36.8 Å². The Balaban J connectivity index is 1.51. The van der Waals surface area contributed by atoms with Gasteiger partial charge in [-0.2, -0.15) is 0 Å². The van der Waals surface area contributed by atoms with Crippen LogP contribution in [0.25, 0.3) is 16.6 Å². The molecule has 0 unspecified atom stereocenters. The predicted octanol–water partition coefficient (Wildman–Crippen LogP) is 3.03. The molecule has 0 atom stereocenters.